The van der Waals surface area contributed by atoms with Gasteiger partial charge in [0.15, 0.2) is 5.11 Å². The zero-order valence-electron chi connectivity index (χ0n) is 15.4. The van der Waals surface area contributed by atoms with Crippen LogP contribution >= 0.6 is 12.2 Å². The van der Waals surface area contributed by atoms with Gasteiger partial charge >= 0.3 is 0 Å². The highest BCUT2D eigenvalue weighted by molar-refractivity contribution is 7.80. The summed E-state index contributed by atoms with van der Waals surface area (Å²) in [7, 11) is 0. The quantitative estimate of drug-likeness (QED) is 0.544. The van der Waals surface area contributed by atoms with Crippen molar-refractivity contribution in [3.63, 3.8) is 0 Å². The molecule has 0 amide bonds. The Kier molecular flexibility index (Phi) is 6.83. The van der Waals surface area contributed by atoms with E-state index < -0.39 is 0 Å². The minimum atomic E-state index is 0.0938. The van der Waals surface area contributed by atoms with E-state index in [9.17, 15) is 0 Å². The van der Waals surface area contributed by atoms with Crippen molar-refractivity contribution >= 4 is 23.0 Å². The lowest BCUT2D eigenvalue weighted by molar-refractivity contribution is 0.340. The van der Waals surface area contributed by atoms with E-state index in [4.69, 9.17) is 17.0 Å². The second kappa shape index (κ2) is 9.74. The highest BCUT2D eigenvalue weighted by Gasteiger charge is 2.13. The van der Waals surface area contributed by atoms with Crippen LogP contribution in [0.1, 0.15) is 24.1 Å². The van der Waals surface area contributed by atoms with E-state index in [1.165, 1.54) is 11.1 Å². The average Bonchev–Trinajstić information content (AvgIpc) is 2.71. The Morgan fingerprint density at radius 2 is 1.52 bits per heavy atom. The number of hydrogen-bond acceptors (Lipinski definition) is 2. The van der Waals surface area contributed by atoms with Gasteiger partial charge in [0.25, 0.3) is 0 Å². The fourth-order valence-corrected chi connectivity index (χ4v) is 3.17. The molecule has 27 heavy (non-hydrogen) atoms. The second-order valence-electron chi connectivity index (χ2n) is 6.21. The summed E-state index contributed by atoms with van der Waals surface area (Å²) in [5.74, 6) is 0.855. The predicted molar refractivity (Wildman–Crippen MR) is 116 cm³/mol. The molecular weight excluding hydrogens is 352 g/mol. The maximum Gasteiger partial charge on any atom is 0.171 e. The van der Waals surface area contributed by atoms with Crippen LogP contribution in [0.4, 0.5) is 5.69 Å². The van der Waals surface area contributed by atoms with E-state index in [1.807, 2.05) is 43.3 Å². The van der Waals surface area contributed by atoms with E-state index >= 15 is 0 Å². The Balaban J connectivity index is 1.68. The van der Waals surface area contributed by atoms with E-state index in [-0.39, 0.29) is 6.04 Å². The van der Waals surface area contributed by atoms with Crippen molar-refractivity contribution in [3.8, 4) is 5.75 Å². The first-order chi connectivity index (χ1) is 13.2. The van der Waals surface area contributed by atoms with E-state index in [1.54, 1.807) is 0 Å². The topological polar surface area (TPSA) is 33.3 Å². The largest absolute Gasteiger partial charge is 0.494 e. The highest BCUT2D eigenvalue weighted by Crippen LogP contribution is 2.20. The molecule has 0 unspecified atom stereocenters. The van der Waals surface area contributed by atoms with Gasteiger partial charge in [-0.05, 0) is 61.0 Å². The minimum Gasteiger partial charge on any atom is -0.494 e. The van der Waals surface area contributed by atoms with Crippen LogP contribution in [-0.2, 0) is 6.42 Å². The van der Waals surface area contributed by atoms with Crippen molar-refractivity contribution in [1.82, 2.24) is 5.32 Å². The van der Waals surface area contributed by atoms with Gasteiger partial charge in [-0.3, -0.25) is 0 Å². The fraction of sp³-hybridized carbons (Fsp3) is 0.174. The Labute approximate surface area is 166 Å². The molecule has 2 N–H and O–H groups in total. The molecular formula is C23H24N2OS. The molecule has 3 rings (SSSR count). The smallest absolute Gasteiger partial charge is 0.171 e. The van der Waals surface area contributed by atoms with Crippen LogP contribution in [0.25, 0.3) is 0 Å². The molecule has 4 heteroatoms. The summed E-state index contributed by atoms with van der Waals surface area (Å²) in [6.07, 6.45) is 0.857. The van der Waals surface area contributed by atoms with Crippen LogP contribution in [0.3, 0.4) is 0 Å². The molecule has 0 aliphatic rings. The summed E-state index contributed by atoms with van der Waals surface area (Å²) in [5.41, 5.74) is 3.40. The standard InChI is InChI=1S/C23H24N2OS/c1-2-26-21-15-13-20(14-16-21)24-23(27)25-22(19-11-7-4-8-12-19)17-18-9-5-3-6-10-18/h3-16,22H,2,17H2,1H3,(H2,24,25,27)/t22-/m0/s1. The van der Waals surface area contributed by atoms with Crippen molar-refractivity contribution in [2.45, 2.75) is 19.4 Å². The van der Waals surface area contributed by atoms with Crippen LogP contribution < -0.4 is 15.4 Å². The number of rotatable bonds is 7. The Morgan fingerprint density at radius 3 is 2.15 bits per heavy atom. The lowest BCUT2D eigenvalue weighted by Crippen LogP contribution is -2.33. The fourth-order valence-electron chi connectivity index (χ4n) is 2.91. The van der Waals surface area contributed by atoms with Crippen LogP contribution in [0.2, 0.25) is 0 Å². The summed E-state index contributed by atoms with van der Waals surface area (Å²) in [6, 6.07) is 28.7. The van der Waals surface area contributed by atoms with E-state index in [0.717, 1.165) is 17.9 Å². The number of ether oxygens (including phenoxy) is 1. The minimum absolute atomic E-state index is 0.0938. The first kappa shape index (κ1) is 18.9. The van der Waals surface area contributed by atoms with Gasteiger partial charge < -0.3 is 15.4 Å². The molecule has 1 atom stereocenters. The molecule has 0 aliphatic heterocycles. The van der Waals surface area contributed by atoms with Crippen LogP contribution in [0, 0.1) is 0 Å². The van der Waals surface area contributed by atoms with Crippen molar-refractivity contribution in [2.75, 3.05) is 11.9 Å². The van der Waals surface area contributed by atoms with Crippen LogP contribution in [0.5, 0.6) is 5.75 Å². The molecule has 0 heterocycles. The normalized spacial score (nSPS) is 11.4. The number of anilines is 1. The third-order valence-electron chi connectivity index (χ3n) is 4.21. The molecule has 3 aromatic rings. The molecule has 3 aromatic carbocycles. The van der Waals surface area contributed by atoms with Crippen molar-refractivity contribution in [3.05, 3.63) is 96.1 Å². The summed E-state index contributed by atoms with van der Waals surface area (Å²) < 4.78 is 5.48. The second-order valence-corrected chi connectivity index (χ2v) is 6.62. The Bertz CT molecular complexity index is 835. The SMILES string of the molecule is CCOc1ccc(NC(=S)N[C@@H](Cc2ccccc2)c2ccccc2)cc1. The van der Waals surface area contributed by atoms with E-state index in [0.29, 0.717) is 11.7 Å². The van der Waals surface area contributed by atoms with Crippen molar-refractivity contribution in [1.29, 1.82) is 0 Å². The molecule has 0 spiro atoms. The molecule has 0 aromatic heterocycles. The summed E-state index contributed by atoms with van der Waals surface area (Å²) in [4.78, 5) is 0. The van der Waals surface area contributed by atoms with Crippen LogP contribution in [-0.4, -0.2) is 11.7 Å². The van der Waals surface area contributed by atoms with Gasteiger partial charge in [0.05, 0.1) is 12.6 Å². The van der Waals surface area contributed by atoms with Gasteiger partial charge in [-0.15, -0.1) is 0 Å². The number of thiocarbonyl (C=S) groups is 1. The predicted octanol–water partition coefficient (Wildman–Crippen LogP) is 5.36. The maximum atomic E-state index is 5.56. The molecule has 138 valence electrons. The molecule has 0 radical (unpaired) electrons. The molecule has 0 aliphatic carbocycles. The molecule has 0 saturated carbocycles. The van der Waals surface area contributed by atoms with Crippen LogP contribution in [0.15, 0.2) is 84.9 Å². The van der Waals surface area contributed by atoms with E-state index in [2.05, 4.69) is 59.2 Å². The van der Waals surface area contributed by atoms with Gasteiger partial charge in [0.2, 0.25) is 0 Å². The maximum absolute atomic E-state index is 5.56. The number of hydrogen-bond donors (Lipinski definition) is 2. The third kappa shape index (κ3) is 5.83. The molecule has 0 fully saturated rings. The van der Waals surface area contributed by atoms with Gasteiger partial charge in [0.1, 0.15) is 5.75 Å². The van der Waals surface area contributed by atoms with Crippen molar-refractivity contribution in [2.24, 2.45) is 0 Å². The highest BCUT2D eigenvalue weighted by atomic mass is 32.1. The Hall–Kier alpha value is -2.85. The number of nitrogens with one attached hydrogen (secondary N) is 2. The van der Waals surface area contributed by atoms with Gasteiger partial charge in [0, 0.05) is 5.69 Å². The first-order valence-corrected chi connectivity index (χ1v) is 9.54. The lowest BCUT2D eigenvalue weighted by atomic mass is 9.99. The molecule has 0 bridgehead atoms. The van der Waals surface area contributed by atoms with Gasteiger partial charge in [-0.1, -0.05) is 60.7 Å². The Morgan fingerprint density at radius 1 is 0.889 bits per heavy atom. The zero-order valence-corrected chi connectivity index (χ0v) is 16.2. The summed E-state index contributed by atoms with van der Waals surface area (Å²) >= 11 is 5.56. The van der Waals surface area contributed by atoms with Crippen molar-refractivity contribution < 1.29 is 4.74 Å². The average molecular weight is 377 g/mol. The number of benzene rings is 3. The zero-order chi connectivity index (χ0) is 18.9. The monoisotopic (exact) mass is 376 g/mol. The lowest BCUT2D eigenvalue weighted by Gasteiger charge is -2.22. The first-order valence-electron chi connectivity index (χ1n) is 9.14. The van der Waals surface area contributed by atoms with Gasteiger partial charge in [-0.25, -0.2) is 0 Å². The summed E-state index contributed by atoms with van der Waals surface area (Å²) in [5, 5.41) is 7.32. The molecule has 3 nitrogen and oxygen atoms in total. The van der Waals surface area contributed by atoms with Gasteiger partial charge in [-0.2, -0.15) is 0 Å². The third-order valence-corrected chi connectivity index (χ3v) is 4.43. The summed E-state index contributed by atoms with van der Waals surface area (Å²) in [6.45, 7) is 2.63. The molecule has 0 saturated heterocycles.